The van der Waals surface area contributed by atoms with Gasteiger partial charge in [0.2, 0.25) is 0 Å². The van der Waals surface area contributed by atoms with Gasteiger partial charge in [-0.05, 0) is 61.1 Å². The Balaban J connectivity index is 1.52. The molecular weight excluding hydrogens is 458 g/mol. The van der Waals surface area contributed by atoms with Gasteiger partial charge in [0.25, 0.3) is 5.91 Å². The van der Waals surface area contributed by atoms with E-state index >= 15 is 0 Å². The van der Waals surface area contributed by atoms with E-state index in [1.807, 2.05) is 0 Å². The number of thiophene rings is 1. The molecule has 0 saturated carbocycles. The first kappa shape index (κ1) is 23.2. The third-order valence-electron chi connectivity index (χ3n) is 5.71. The molecule has 172 valence electrons. The van der Waals surface area contributed by atoms with E-state index in [-0.39, 0.29) is 16.6 Å². The summed E-state index contributed by atoms with van der Waals surface area (Å²) in [4.78, 5) is 26.8. The molecule has 0 spiro atoms. The summed E-state index contributed by atoms with van der Waals surface area (Å²) in [6, 6.07) is 14.8. The molecule has 0 unspecified atom stereocenters. The summed E-state index contributed by atoms with van der Waals surface area (Å²) in [5.74, 6) is -0.941. The van der Waals surface area contributed by atoms with Crippen molar-refractivity contribution in [1.29, 1.82) is 0 Å². The smallest absolute Gasteiger partial charge is 0.341 e. The molecule has 1 N–H and O–H groups in total. The molecule has 8 heteroatoms. The van der Waals surface area contributed by atoms with Crippen molar-refractivity contribution in [1.82, 2.24) is 0 Å². The Hall–Kier alpha value is -2.97. The van der Waals surface area contributed by atoms with Gasteiger partial charge in [0.1, 0.15) is 5.00 Å². The fourth-order valence-electron chi connectivity index (χ4n) is 4.01. The molecule has 1 aromatic heterocycles. The number of esters is 1. The van der Waals surface area contributed by atoms with E-state index < -0.39 is 15.8 Å². The maximum absolute atomic E-state index is 12.9. The second-order valence-electron chi connectivity index (χ2n) is 7.98. The van der Waals surface area contributed by atoms with E-state index in [0.717, 1.165) is 42.5 Å². The Kier molecular flexibility index (Phi) is 6.95. The standard InChI is InChI=1S/C25H25NO5S2/c1-31-25(28)22-20-10-6-3-7-11-21(20)32-24(22)26-23(27)18-14-12-17(13-15-18)16-33(29,30)19-8-4-2-5-9-19/h2,4-5,8-9,12-15H,3,6-7,10-11,16H2,1H3,(H,26,27). The number of anilines is 1. The number of hydrogen-bond acceptors (Lipinski definition) is 6. The van der Waals surface area contributed by atoms with Crippen LogP contribution in [0.3, 0.4) is 0 Å². The van der Waals surface area contributed by atoms with E-state index in [4.69, 9.17) is 4.74 Å². The normalized spacial score (nSPS) is 13.6. The van der Waals surface area contributed by atoms with Crippen molar-refractivity contribution in [3.8, 4) is 0 Å². The minimum Gasteiger partial charge on any atom is -0.465 e. The Morgan fingerprint density at radius 1 is 0.970 bits per heavy atom. The van der Waals surface area contributed by atoms with Crippen LogP contribution >= 0.6 is 11.3 Å². The van der Waals surface area contributed by atoms with Crippen LogP contribution in [0.4, 0.5) is 5.00 Å². The fraction of sp³-hybridized carbons (Fsp3) is 0.280. The lowest BCUT2D eigenvalue weighted by molar-refractivity contribution is 0.0601. The van der Waals surface area contributed by atoms with Crippen molar-refractivity contribution in [2.75, 3.05) is 12.4 Å². The maximum Gasteiger partial charge on any atom is 0.341 e. The molecule has 1 aliphatic rings. The van der Waals surface area contributed by atoms with Crippen LogP contribution in [0.15, 0.2) is 59.5 Å². The zero-order chi connectivity index (χ0) is 23.4. The molecule has 0 radical (unpaired) electrons. The molecule has 0 atom stereocenters. The van der Waals surface area contributed by atoms with Crippen molar-refractivity contribution < 1.29 is 22.7 Å². The monoisotopic (exact) mass is 483 g/mol. The van der Waals surface area contributed by atoms with Crippen molar-refractivity contribution in [2.24, 2.45) is 0 Å². The third-order valence-corrected chi connectivity index (χ3v) is 8.62. The third kappa shape index (κ3) is 5.17. The van der Waals surface area contributed by atoms with E-state index in [0.29, 0.717) is 21.7 Å². The van der Waals surface area contributed by atoms with Crippen LogP contribution in [0.25, 0.3) is 0 Å². The number of rotatable bonds is 6. The molecule has 0 saturated heterocycles. The summed E-state index contributed by atoms with van der Waals surface area (Å²) in [6.07, 6.45) is 4.89. The molecule has 4 rings (SSSR count). The summed E-state index contributed by atoms with van der Waals surface area (Å²) in [5.41, 5.74) is 2.42. The molecule has 0 fully saturated rings. The van der Waals surface area contributed by atoms with Crippen LogP contribution in [-0.2, 0) is 33.2 Å². The summed E-state index contributed by atoms with van der Waals surface area (Å²) < 4.78 is 30.2. The Bertz CT molecular complexity index is 1260. The zero-order valence-electron chi connectivity index (χ0n) is 18.3. The molecular formula is C25H25NO5S2. The van der Waals surface area contributed by atoms with Gasteiger partial charge in [-0.2, -0.15) is 0 Å². The van der Waals surface area contributed by atoms with Crippen LogP contribution in [0.1, 0.15) is 56.0 Å². The van der Waals surface area contributed by atoms with Crippen LogP contribution in [0.2, 0.25) is 0 Å². The summed E-state index contributed by atoms with van der Waals surface area (Å²) in [7, 11) is -2.12. The molecule has 6 nitrogen and oxygen atoms in total. The van der Waals surface area contributed by atoms with Crippen LogP contribution in [-0.4, -0.2) is 27.4 Å². The highest BCUT2D eigenvalue weighted by Crippen LogP contribution is 2.38. The predicted octanol–water partition coefficient (Wildman–Crippen LogP) is 5.03. The van der Waals surface area contributed by atoms with Crippen LogP contribution in [0, 0.1) is 0 Å². The first-order valence-corrected chi connectivity index (χ1v) is 13.3. The first-order chi connectivity index (χ1) is 15.9. The molecule has 0 aliphatic heterocycles. The number of carbonyl (C=O) groups is 2. The number of benzene rings is 2. The molecule has 1 amide bonds. The first-order valence-electron chi connectivity index (χ1n) is 10.8. The average molecular weight is 484 g/mol. The van der Waals surface area contributed by atoms with Gasteiger partial charge >= 0.3 is 5.97 Å². The molecule has 1 heterocycles. The fourth-order valence-corrected chi connectivity index (χ4v) is 6.65. The van der Waals surface area contributed by atoms with Crippen molar-refractivity contribution in [3.63, 3.8) is 0 Å². The van der Waals surface area contributed by atoms with Crippen LogP contribution in [0.5, 0.6) is 0 Å². The number of fused-ring (bicyclic) bond motifs is 1. The highest BCUT2D eigenvalue weighted by atomic mass is 32.2. The van der Waals surface area contributed by atoms with Gasteiger partial charge in [0.05, 0.1) is 23.3 Å². The number of aryl methyl sites for hydroxylation is 1. The van der Waals surface area contributed by atoms with Crippen LogP contribution < -0.4 is 5.32 Å². The largest absolute Gasteiger partial charge is 0.465 e. The van der Waals surface area contributed by atoms with Crippen molar-refractivity contribution in [3.05, 3.63) is 81.7 Å². The van der Waals surface area contributed by atoms with Gasteiger partial charge in [0.15, 0.2) is 9.84 Å². The Morgan fingerprint density at radius 2 is 1.67 bits per heavy atom. The number of methoxy groups -OCH3 is 1. The second kappa shape index (κ2) is 9.89. The van der Waals surface area contributed by atoms with Gasteiger partial charge in [-0.3, -0.25) is 4.79 Å². The number of ether oxygens (including phenoxy) is 1. The van der Waals surface area contributed by atoms with Crippen molar-refractivity contribution >= 4 is 38.1 Å². The van der Waals surface area contributed by atoms with Gasteiger partial charge < -0.3 is 10.1 Å². The summed E-state index contributed by atoms with van der Waals surface area (Å²) in [6.45, 7) is 0. The quantitative estimate of drug-likeness (QED) is 0.392. The Morgan fingerprint density at radius 3 is 2.36 bits per heavy atom. The average Bonchev–Trinajstić information content (AvgIpc) is 2.99. The van der Waals surface area contributed by atoms with Gasteiger partial charge in [-0.15, -0.1) is 11.3 Å². The summed E-state index contributed by atoms with van der Waals surface area (Å²) in [5, 5.41) is 3.38. The van der Waals surface area contributed by atoms with Gasteiger partial charge in [-0.1, -0.05) is 36.8 Å². The van der Waals surface area contributed by atoms with E-state index in [1.54, 1.807) is 54.6 Å². The van der Waals surface area contributed by atoms with E-state index in [2.05, 4.69) is 5.32 Å². The lowest BCUT2D eigenvalue weighted by atomic mass is 10.1. The topological polar surface area (TPSA) is 89.5 Å². The lowest BCUT2D eigenvalue weighted by Gasteiger charge is -2.08. The van der Waals surface area contributed by atoms with Gasteiger partial charge in [-0.25, -0.2) is 13.2 Å². The van der Waals surface area contributed by atoms with E-state index in [9.17, 15) is 18.0 Å². The number of amides is 1. The highest BCUT2D eigenvalue weighted by Gasteiger charge is 2.26. The highest BCUT2D eigenvalue weighted by molar-refractivity contribution is 7.90. The minimum atomic E-state index is -3.47. The molecule has 1 aliphatic carbocycles. The number of hydrogen-bond donors (Lipinski definition) is 1. The van der Waals surface area contributed by atoms with E-state index in [1.165, 1.54) is 18.4 Å². The SMILES string of the molecule is COC(=O)c1c(NC(=O)c2ccc(CS(=O)(=O)c3ccccc3)cc2)sc2c1CCCCC2. The molecule has 3 aromatic rings. The zero-order valence-corrected chi connectivity index (χ0v) is 19.9. The molecule has 2 aromatic carbocycles. The van der Waals surface area contributed by atoms with Crippen molar-refractivity contribution in [2.45, 2.75) is 42.8 Å². The summed E-state index contributed by atoms with van der Waals surface area (Å²) >= 11 is 1.44. The molecule has 33 heavy (non-hydrogen) atoms. The number of nitrogens with one attached hydrogen (secondary N) is 1. The maximum atomic E-state index is 12.9. The predicted molar refractivity (Wildman–Crippen MR) is 129 cm³/mol. The number of carbonyl (C=O) groups excluding carboxylic acids is 2. The minimum absolute atomic E-state index is 0.150. The Labute approximate surface area is 197 Å². The molecule has 0 bridgehead atoms. The second-order valence-corrected chi connectivity index (χ2v) is 11.1. The number of sulfone groups is 1. The van der Waals surface area contributed by atoms with Gasteiger partial charge in [0, 0.05) is 10.4 Å². The lowest BCUT2D eigenvalue weighted by Crippen LogP contribution is -2.15.